The fraction of sp³-hybridized carbons (Fsp3) is 0.294. The Morgan fingerprint density at radius 3 is 2.54 bits per heavy atom. The number of pyridine rings is 1. The number of benzene rings is 1. The molecule has 2 N–H and O–H groups in total. The molecule has 24 heavy (non-hydrogen) atoms. The van der Waals surface area contributed by atoms with Crippen LogP contribution in [0.15, 0.2) is 30.5 Å². The average molecular weight is 337 g/mol. The standard InChI is InChI=1S/C17H18F3N3O/c1-2-3-4-9-21-11-5-7-14(22-10-11)17(24)23-13-8-6-12(18)15(19)16(13)20/h5-8,10,21H,2-4,9H2,1H3,(H,23,24). The summed E-state index contributed by atoms with van der Waals surface area (Å²) in [7, 11) is 0. The summed E-state index contributed by atoms with van der Waals surface area (Å²) in [6.45, 7) is 2.92. The molecular formula is C17H18F3N3O. The van der Waals surface area contributed by atoms with Gasteiger partial charge in [-0.3, -0.25) is 4.79 Å². The van der Waals surface area contributed by atoms with E-state index in [9.17, 15) is 18.0 Å². The number of nitrogens with zero attached hydrogens (tertiary/aromatic N) is 1. The van der Waals surface area contributed by atoms with E-state index in [0.717, 1.165) is 43.6 Å². The molecule has 0 unspecified atom stereocenters. The van der Waals surface area contributed by atoms with Crippen molar-refractivity contribution >= 4 is 17.3 Å². The van der Waals surface area contributed by atoms with Crippen LogP contribution in [0, 0.1) is 17.5 Å². The number of carbonyl (C=O) groups excluding carboxylic acids is 1. The van der Waals surface area contributed by atoms with E-state index >= 15 is 0 Å². The molecule has 0 saturated carbocycles. The van der Waals surface area contributed by atoms with Gasteiger partial charge in [0, 0.05) is 6.54 Å². The molecule has 0 aliphatic heterocycles. The largest absolute Gasteiger partial charge is 0.384 e. The van der Waals surface area contributed by atoms with Gasteiger partial charge in [0.05, 0.1) is 17.6 Å². The van der Waals surface area contributed by atoms with Crippen LogP contribution >= 0.6 is 0 Å². The van der Waals surface area contributed by atoms with Crippen LogP contribution in [0.2, 0.25) is 0 Å². The van der Waals surface area contributed by atoms with Crippen LogP contribution in [-0.2, 0) is 0 Å². The second-order valence-corrected chi connectivity index (χ2v) is 5.24. The van der Waals surface area contributed by atoms with Gasteiger partial charge in [-0.25, -0.2) is 18.2 Å². The molecule has 0 radical (unpaired) electrons. The number of aromatic nitrogens is 1. The molecule has 0 aliphatic carbocycles. The van der Waals surface area contributed by atoms with E-state index in [1.807, 2.05) is 0 Å². The normalized spacial score (nSPS) is 10.5. The molecule has 128 valence electrons. The summed E-state index contributed by atoms with van der Waals surface area (Å²) >= 11 is 0. The first-order valence-corrected chi connectivity index (χ1v) is 7.67. The van der Waals surface area contributed by atoms with E-state index in [4.69, 9.17) is 0 Å². The monoisotopic (exact) mass is 337 g/mol. The summed E-state index contributed by atoms with van der Waals surface area (Å²) in [5.41, 5.74) is 0.363. The number of halogens is 3. The van der Waals surface area contributed by atoms with E-state index in [-0.39, 0.29) is 5.69 Å². The van der Waals surface area contributed by atoms with Crippen molar-refractivity contribution < 1.29 is 18.0 Å². The second kappa shape index (κ2) is 8.33. The van der Waals surface area contributed by atoms with E-state index in [0.29, 0.717) is 0 Å². The molecule has 1 aromatic heterocycles. The Balaban J connectivity index is 1.99. The van der Waals surface area contributed by atoms with Crippen LogP contribution in [0.1, 0.15) is 36.7 Å². The molecule has 0 bridgehead atoms. The quantitative estimate of drug-likeness (QED) is 0.583. The third-order valence-electron chi connectivity index (χ3n) is 3.39. The van der Waals surface area contributed by atoms with Crippen molar-refractivity contribution in [1.82, 2.24) is 4.98 Å². The van der Waals surface area contributed by atoms with Crippen molar-refractivity contribution in [3.8, 4) is 0 Å². The number of rotatable bonds is 7. The number of unbranched alkanes of at least 4 members (excludes halogenated alkanes) is 2. The van der Waals surface area contributed by atoms with Gasteiger partial charge in [-0.1, -0.05) is 19.8 Å². The molecule has 0 atom stereocenters. The summed E-state index contributed by atoms with van der Waals surface area (Å²) < 4.78 is 39.6. The van der Waals surface area contributed by atoms with Crippen molar-refractivity contribution in [2.75, 3.05) is 17.2 Å². The maximum absolute atomic E-state index is 13.5. The highest BCUT2D eigenvalue weighted by Gasteiger charge is 2.16. The van der Waals surface area contributed by atoms with Crippen molar-refractivity contribution in [3.63, 3.8) is 0 Å². The molecule has 1 heterocycles. The summed E-state index contributed by atoms with van der Waals surface area (Å²) in [5.74, 6) is -5.11. The summed E-state index contributed by atoms with van der Waals surface area (Å²) in [4.78, 5) is 16.0. The molecule has 0 aliphatic rings. The first-order valence-electron chi connectivity index (χ1n) is 7.67. The van der Waals surface area contributed by atoms with Gasteiger partial charge in [0.25, 0.3) is 5.91 Å². The Bertz CT molecular complexity index is 705. The number of hydrogen-bond donors (Lipinski definition) is 2. The molecule has 4 nitrogen and oxygen atoms in total. The van der Waals surface area contributed by atoms with E-state index < -0.39 is 29.0 Å². The Kier molecular flexibility index (Phi) is 6.17. The lowest BCUT2D eigenvalue weighted by atomic mass is 10.2. The fourth-order valence-electron chi connectivity index (χ4n) is 2.05. The Morgan fingerprint density at radius 1 is 1.08 bits per heavy atom. The van der Waals surface area contributed by atoms with Gasteiger partial charge in [0.15, 0.2) is 17.5 Å². The van der Waals surface area contributed by atoms with Crippen molar-refractivity contribution in [1.29, 1.82) is 0 Å². The van der Waals surface area contributed by atoms with Crippen molar-refractivity contribution in [2.45, 2.75) is 26.2 Å². The van der Waals surface area contributed by atoms with Crippen LogP contribution in [0.4, 0.5) is 24.5 Å². The molecule has 1 aromatic carbocycles. The minimum absolute atomic E-state index is 0.0400. The maximum atomic E-state index is 13.5. The third-order valence-corrected chi connectivity index (χ3v) is 3.39. The van der Waals surface area contributed by atoms with Gasteiger partial charge >= 0.3 is 0 Å². The van der Waals surface area contributed by atoms with Gasteiger partial charge < -0.3 is 10.6 Å². The molecule has 0 fully saturated rings. The average Bonchev–Trinajstić information content (AvgIpc) is 2.59. The van der Waals surface area contributed by atoms with E-state index in [1.54, 1.807) is 6.07 Å². The van der Waals surface area contributed by atoms with Gasteiger partial charge in [0.1, 0.15) is 5.69 Å². The molecule has 2 rings (SSSR count). The summed E-state index contributed by atoms with van der Waals surface area (Å²) in [5, 5.41) is 5.34. The summed E-state index contributed by atoms with van der Waals surface area (Å²) in [6.07, 6.45) is 4.77. The van der Waals surface area contributed by atoms with Crippen LogP contribution in [0.5, 0.6) is 0 Å². The van der Waals surface area contributed by atoms with Crippen LogP contribution < -0.4 is 10.6 Å². The van der Waals surface area contributed by atoms with Crippen LogP contribution in [0.3, 0.4) is 0 Å². The predicted molar refractivity (Wildman–Crippen MR) is 86.5 cm³/mol. The Hall–Kier alpha value is -2.57. The highest BCUT2D eigenvalue weighted by molar-refractivity contribution is 6.03. The second-order valence-electron chi connectivity index (χ2n) is 5.24. The zero-order valence-electron chi connectivity index (χ0n) is 13.2. The molecular weight excluding hydrogens is 319 g/mol. The smallest absolute Gasteiger partial charge is 0.274 e. The zero-order valence-corrected chi connectivity index (χ0v) is 13.2. The molecule has 7 heteroatoms. The molecule has 0 spiro atoms. The zero-order chi connectivity index (χ0) is 17.5. The highest BCUT2D eigenvalue weighted by atomic mass is 19.2. The van der Waals surface area contributed by atoms with Gasteiger partial charge in [-0.15, -0.1) is 0 Å². The number of hydrogen-bond acceptors (Lipinski definition) is 3. The van der Waals surface area contributed by atoms with Crippen LogP contribution in [-0.4, -0.2) is 17.4 Å². The van der Waals surface area contributed by atoms with Gasteiger partial charge in [0.2, 0.25) is 0 Å². The predicted octanol–water partition coefficient (Wildman–Crippen LogP) is 4.35. The lowest BCUT2D eigenvalue weighted by molar-refractivity contribution is 0.102. The van der Waals surface area contributed by atoms with Gasteiger partial charge in [-0.05, 0) is 30.7 Å². The SMILES string of the molecule is CCCCCNc1ccc(C(=O)Nc2ccc(F)c(F)c2F)nc1. The third kappa shape index (κ3) is 4.47. The lowest BCUT2D eigenvalue weighted by Crippen LogP contribution is -2.15. The maximum Gasteiger partial charge on any atom is 0.274 e. The lowest BCUT2D eigenvalue weighted by Gasteiger charge is -2.08. The van der Waals surface area contributed by atoms with E-state index in [2.05, 4.69) is 22.5 Å². The van der Waals surface area contributed by atoms with Crippen molar-refractivity contribution in [2.24, 2.45) is 0 Å². The molecule has 2 aromatic rings. The topological polar surface area (TPSA) is 54.0 Å². The highest BCUT2D eigenvalue weighted by Crippen LogP contribution is 2.20. The Labute approximate surface area is 138 Å². The first kappa shape index (κ1) is 17.8. The number of anilines is 2. The first-order chi connectivity index (χ1) is 11.5. The number of amides is 1. The minimum atomic E-state index is -1.63. The molecule has 0 saturated heterocycles. The van der Waals surface area contributed by atoms with Crippen LogP contribution in [0.25, 0.3) is 0 Å². The van der Waals surface area contributed by atoms with Gasteiger partial charge in [-0.2, -0.15) is 0 Å². The minimum Gasteiger partial charge on any atom is -0.384 e. The number of carbonyl (C=O) groups is 1. The Morgan fingerprint density at radius 2 is 1.88 bits per heavy atom. The summed E-state index contributed by atoms with van der Waals surface area (Å²) in [6, 6.07) is 4.84. The van der Waals surface area contributed by atoms with E-state index in [1.165, 1.54) is 12.3 Å². The number of nitrogens with one attached hydrogen (secondary N) is 2. The fourth-order valence-corrected chi connectivity index (χ4v) is 2.05. The molecule has 1 amide bonds. The van der Waals surface area contributed by atoms with Crippen molar-refractivity contribution in [3.05, 3.63) is 53.6 Å².